The number of carbonyl (C=O) groups is 1. The average Bonchev–Trinajstić information content (AvgIpc) is 2.15. The van der Waals surface area contributed by atoms with Crippen LogP contribution in [0.5, 0.6) is 0 Å². The summed E-state index contributed by atoms with van der Waals surface area (Å²) in [6.07, 6.45) is 9.63. The number of carbonyl (C=O) groups excluding carboxylic acids is 1. The number of hydrogen-bond donors (Lipinski definition) is 0. The number of rotatable bonds is 7. The maximum absolute atomic E-state index is 10.7. The van der Waals surface area contributed by atoms with Crippen LogP contribution >= 0.6 is 0 Å². The largest absolute Gasteiger partial charge is 0.459 e. The fourth-order valence-electron chi connectivity index (χ4n) is 1.58. The van der Waals surface area contributed by atoms with Gasteiger partial charge in [0.05, 0.1) is 0 Å². The topological polar surface area (TPSA) is 26.3 Å². The lowest BCUT2D eigenvalue weighted by Gasteiger charge is -2.08. The molecule has 0 fully saturated rings. The summed E-state index contributed by atoms with van der Waals surface area (Å²) in [4.78, 5) is 10.7. The monoisotopic (exact) mass is 238 g/mol. The van der Waals surface area contributed by atoms with Crippen molar-refractivity contribution in [2.75, 3.05) is 0 Å². The molecule has 0 saturated carbocycles. The molecule has 0 amide bonds. The minimum Gasteiger partial charge on any atom is -0.459 e. The van der Waals surface area contributed by atoms with Crippen LogP contribution in [0, 0.1) is 5.92 Å². The maximum atomic E-state index is 10.7. The van der Waals surface area contributed by atoms with Crippen molar-refractivity contribution in [2.24, 2.45) is 5.92 Å². The molecule has 0 rings (SSSR count). The Morgan fingerprint density at radius 3 is 2.41 bits per heavy atom. The summed E-state index contributed by atoms with van der Waals surface area (Å²) >= 11 is 0. The Bertz CT molecular complexity index is 273. The van der Waals surface area contributed by atoms with E-state index in [1.165, 1.54) is 18.9 Å². The van der Waals surface area contributed by atoms with Crippen molar-refractivity contribution in [3.63, 3.8) is 0 Å². The van der Waals surface area contributed by atoms with E-state index in [9.17, 15) is 4.79 Å². The van der Waals surface area contributed by atoms with Gasteiger partial charge in [-0.25, -0.2) is 0 Å². The molecule has 0 radical (unpaired) electrons. The molecule has 1 unspecified atom stereocenters. The highest BCUT2D eigenvalue weighted by atomic mass is 16.5. The van der Waals surface area contributed by atoms with Gasteiger partial charge in [-0.2, -0.15) is 0 Å². The Morgan fingerprint density at radius 1 is 1.24 bits per heavy atom. The molecule has 2 atom stereocenters. The third kappa shape index (κ3) is 11.2. The lowest BCUT2D eigenvalue weighted by Crippen LogP contribution is -2.08. The fraction of sp³-hybridized carbons (Fsp3) is 0.667. The van der Waals surface area contributed by atoms with Crippen LogP contribution < -0.4 is 0 Å². The van der Waals surface area contributed by atoms with Gasteiger partial charge >= 0.3 is 5.97 Å². The number of ether oxygens (including phenoxy) is 1. The molecule has 0 aliphatic carbocycles. The molecular weight excluding hydrogens is 212 g/mol. The van der Waals surface area contributed by atoms with Crippen LogP contribution in [0.3, 0.4) is 0 Å². The molecular formula is C15H26O2. The van der Waals surface area contributed by atoms with E-state index < -0.39 is 0 Å². The third-order valence-corrected chi connectivity index (χ3v) is 2.51. The summed E-state index contributed by atoms with van der Waals surface area (Å²) in [5.74, 6) is 0.449. The molecule has 2 heteroatoms. The smallest absolute Gasteiger partial charge is 0.303 e. The van der Waals surface area contributed by atoms with Crippen molar-refractivity contribution >= 4 is 5.97 Å². The molecule has 0 bridgehead atoms. The van der Waals surface area contributed by atoms with Gasteiger partial charge in [0.2, 0.25) is 0 Å². The summed E-state index contributed by atoms with van der Waals surface area (Å²) in [5, 5.41) is 0. The molecule has 17 heavy (non-hydrogen) atoms. The van der Waals surface area contributed by atoms with E-state index in [1.807, 2.05) is 13.0 Å². The molecule has 0 N–H and O–H groups in total. The fourth-order valence-corrected chi connectivity index (χ4v) is 1.58. The summed E-state index contributed by atoms with van der Waals surface area (Å²) in [6, 6.07) is 0. The van der Waals surface area contributed by atoms with E-state index >= 15 is 0 Å². The molecule has 0 aliphatic rings. The van der Waals surface area contributed by atoms with Gasteiger partial charge in [0, 0.05) is 6.92 Å². The van der Waals surface area contributed by atoms with Crippen molar-refractivity contribution in [1.29, 1.82) is 0 Å². The standard InChI is InChI=1S/C15H26O2/c1-12(2)8-6-9-13(3)10-7-11-14(4)17-15(5)16/h7-8,11,13-14H,6,9-10H2,1-5H3/t13-,14?/m1/s1. The SMILES string of the molecule is CC(=O)OC(C)C=CC[C@H](C)CCC=C(C)C. The number of esters is 1. The zero-order valence-corrected chi connectivity index (χ0v) is 11.8. The zero-order valence-electron chi connectivity index (χ0n) is 11.8. The molecule has 0 heterocycles. The molecule has 0 aromatic rings. The van der Waals surface area contributed by atoms with Gasteiger partial charge in [0.15, 0.2) is 0 Å². The first kappa shape index (κ1) is 16.0. The Hall–Kier alpha value is -1.05. The van der Waals surface area contributed by atoms with E-state index in [-0.39, 0.29) is 12.1 Å². The van der Waals surface area contributed by atoms with E-state index in [1.54, 1.807) is 0 Å². The Balaban J connectivity index is 3.75. The predicted octanol–water partition coefficient (Wildman–Crippen LogP) is 4.27. The van der Waals surface area contributed by atoms with E-state index in [0.29, 0.717) is 5.92 Å². The quantitative estimate of drug-likeness (QED) is 0.489. The summed E-state index contributed by atoms with van der Waals surface area (Å²) < 4.78 is 5.01. The van der Waals surface area contributed by atoms with Gasteiger partial charge in [0.1, 0.15) is 6.10 Å². The normalized spacial score (nSPS) is 14.4. The molecule has 0 aliphatic heterocycles. The molecule has 0 aromatic carbocycles. The molecule has 0 spiro atoms. The molecule has 98 valence electrons. The summed E-state index contributed by atoms with van der Waals surface area (Å²) in [5.41, 5.74) is 1.39. The van der Waals surface area contributed by atoms with Gasteiger partial charge in [0.25, 0.3) is 0 Å². The maximum Gasteiger partial charge on any atom is 0.303 e. The second-order valence-electron chi connectivity index (χ2n) is 4.94. The second-order valence-corrected chi connectivity index (χ2v) is 4.94. The van der Waals surface area contributed by atoms with Gasteiger partial charge in [-0.15, -0.1) is 0 Å². The minimum atomic E-state index is -0.223. The minimum absolute atomic E-state index is 0.113. The molecule has 2 nitrogen and oxygen atoms in total. The van der Waals surface area contributed by atoms with Gasteiger partial charge < -0.3 is 4.74 Å². The van der Waals surface area contributed by atoms with Gasteiger partial charge in [-0.3, -0.25) is 4.79 Å². The van der Waals surface area contributed by atoms with Crippen LogP contribution in [0.15, 0.2) is 23.8 Å². The zero-order chi connectivity index (χ0) is 13.3. The van der Waals surface area contributed by atoms with Crippen molar-refractivity contribution in [1.82, 2.24) is 0 Å². The highest BCUT2D eigenvalue weighted by Gasteiger charge is 2.01. The van der Waals surface area contributed by atoms with Crippen LogP contribution in [-0.2, 0) is 9.53 Å². The Labute approximate surface area is 106 Å². The van der Waals surface area contributed by atoms with Crippen LogP contribution in [-0.4, -0.2) is 12.1 Å². The van der Waals surface area contributed by atoms with Crippen molar-refractivity contribution in [3.8, 4) is 0 Å². The predicted molar refractivity (Wildman–Crippen MR) is 72.8 cm³/mol. The first-order chi connectivity index (χ1) is 7.91. The summed E-state index contributed by atoms with van der Waals surface area (Å²) in [6.45, 7) is 9.83. The van der Waals surface area contributed by atoms with E-state index in [4.69, 9.17) is 4.74 Å². The lowest BCUT2D eigenvalue weighted by atomic mass is 10.0. The van der Waals surface area contributed by atoms with Gasteiger partial charge in [-0.05, 0) is 52.0 Å². The first-order valence-electron chi connectivity index (χ1n) is 6.39. The van der Waals surface area contributed by atoms with Crippen molar-refractivity contribution < 1.29 is 9.53 Å². The van der Waals surface area contributed by atoms with Crippen LogP contribution in [0.1, 0.15) is 53.9 Å². The lowest BCUT2D eigenvalue weighted by molar-refractivity contribution is -0.143. The number of hydrogen-bond acceptors (Lipinski definition) is 2. The first-order valence-corrected chi connectivity index (χ1v) is 6.39. The average molecular weight is 238 g/mol. The van der Waals surface area contributed by atoms with Crippen LogP contribution in [0.4, 0.5) is 0 Å². The van der Waals surface area contributed by atoms with Crippen molar-refractivity contribution in [2.45, 2.75) is 60.0 Å². The highest BCUT2D eigenvalue weighted by Crippen LogP contribution is 2.12. The number of allylic oxidation sites excluding steroid dienone is 3. The Kier molecular flexibility index (Phi) is 8.47. The second kappa shape index (κ2) is 9.03. The van der Waals surface area contributed by atoms with E-state index in [2.05, 4.69) is 32.9 Å². The van der Waals surface area contributed by atoms with E-state index in [0.717, 1.165) is 12.8 Å². The molecule has 0 aromatic heterocycles. The highest BCUT2D eigenvalue weighted by molar-refractivity contribution is 5.66. The Morgan fingerprint density at radius 2 is 1.88 bits per heavy atom. The third-order valence-electron chi connectivity index (χ3n) is 2.51. The van der Waals surface area contributed by atoms with Crippen LogP contribution in [0.25, 0.3) is 0 Å². The van der Waals surface area contributed by atoms with Crippen LogP contribution in [0.2, 0.25) is 0 Å². The van der Waals surface area contributed by atoms with Gasteiger partial charge in [-0.1, -0.05) is 24.6 Å². The van der Waals surface area contributed by atoms with Crippen molar-refractivity contribution in [3.05, 3.63) is 23.8 Å². The summed E-state index contributed by atoms with van der Waals surface area (Å²) in [7, 11) is 0. The molecule has 0 saturated heterocycles.